The third-order valence-corrected chi connectivity index (χ3v) is 5.68. The van der Waals surface area contributed by atoms with Crippen molar-refractivity contribution in [1.29, 1.82) is 0 Å². The number of guanidine groups is 1. The summed E-state index contributed by atoms with van der Waals surface area (Å²) >= 11 is 0. The zero-order valence-corrected chi connectivity index (χ0v) is 17.5. The molecule has 0 radical (unpaired) electrons. The molecule has 3 N–H and O–H groups in total. The number of para-hydroxylation sites is 1. The first-order chi connectivity index (χ1) is 14.7. The van der Waals surface area contributed by atoms with E-state index in [0.717, 1.165) is 61.6 Å². The van der Waals surface area contributed by atoms with Crippen LogP contribution < -0.4 is 15.5 Å². The fourth-order valence-electron chi connectivity index (χ4n) is 4.09. The number of anilines is 1. The van der Waals surface area contributed by atoms with Crippen LogP contribution in [0.15, 0.2) is 59.7 Å². The lowest BCUT2D eigenvalue weighted by molar-refractivity contribution is 0.599. The van der Waals surface area contributed by atoms with Crippen molar-refractivity contribution in [2.45, 2.75) is 19.8 Å². The molecule has 1 aromatic heterocycles. The smallest absolute Gasteiger partial charge is 0.191 e. The molecule has 1 aliphatic rings. The highest BCUT2D eigenvalue weighted by molar-refractivity contribution is 5.83. The Labute approximate surface area is 177 Å². The Hall–Kier alpha value is -3.02. The number of aromatic amines is 1. The van der Waals surface area contributed by atoms with Crippen molar-refractivity contribution in [3.05, 3.63) is 66.1 Å². The third-order valence-electron chi connectivity index (χ3n) is 5.68. The quantitative estimate of drug-likeness (QED) is 0.411. The van der Waals surface area contributed by atoms with Crippen molar-refractivity contribution in [3.63, 3.8) is 0 Å². The summed E-state index contributed by atoms with van der Waals surface area (Å²) in [5.41, 5.74) is 3.38. The molecule has 1 unspecified atom stereocenters. The van der Waals surface area contributed by atoms with Crippen LogP contribution in [0.5, 0.6) is 0 Å². The molecular formula is C24H30FN5. The van der Waals surface area contributed by atoms with Gasteiger partial charge in [0.2, 0.25) is 0 Å². The number of aliphatic imine (C=N–C) groups is 1. The molecule has 4 rings (SSSR count). The van der Waals surface area contributed by atoms with Crippen molar-refractivity contribution in [2.75, 3.05) is 37.6 Å². The molecule has 3 aromatic rings. The zero-order chi connectivity index (χ0) is 20.8. The van der Waals surface area contributed by atoms with E-state index in [0.29, 0.717) is 5.92 Å². The average Bonchev–Trinajstić information content (AvgIpc) is 3.40. The second-order valence-corrected chi connectivity index (χ2v) is 7.84. The number of aromatic nitrogens is 1. The van der Waals surface area contributed by atoms with Gasteiger partial charge in [-0.15, -0.1) is 0 Å². The lowest BCUT2D eigenvalue weighted by Gasteiger charge is -2.18. The Morgan fingerprint density at radius 3 is 2.90 bits per heavy atom. The molecule has 1 fully saturated rings. The molecule has 5 nitrogen and oxygen atoms in total. The standard InChI is InChI=1S/C24H30FN5/c1-2-26-24(27-12-10-19-16-28-23-9-8-20(25)14-22(19)23)29-15-18-11-13-30(17-18)21-6-4-3-5-7-21/h3-9,14,16,18,28H,2,10-13,15,17H2,1H3,(H2,26,27,29). The molecule has 0 amide bonds. The maximum absolute atomic E-state index is 13.6. The van der Waals surface area contributed by atoms with Gasteiger partial charge < -0.3 is 20.5 Å². The van der Waals surface area contributed by atoms with E-state index in [1.807, 2.05) is 6.20 Å². The fourth-order valence-corrected chi connectivity index (χ4v) is 4.09. The van der Waals surface area contributed by atoms with E-state index >= 15 is 0 Å². The van der Waals surface area contributed by atoms with Crippen molar-refractivity contribution < 1.29 is 4.39 Å². The first-order valence-corrected chi connectivity index (χ1v) is 10.8. The summed E-state index contributed by atoms with van der Waals surface area (Å²) in [5.74, 6) is 1.21. The zero-order valence-electron chi connectivity index (χ0n) is 17.5. The molecule has 0 spiro atoms. The van der Waals surface area contributed by atoms with E-state index in [2.05, 4.69) is 57.8 Å². The number of rotatable bonds is 7. The van der Waals surface area contributed by atoms with E-state index in [9.17, 15) is 4.39 Å². The molecule has 1 atom stereocenters. The second kappa shape index (κ2) is 9.65. The number of H-pyrrole nitrogens is 1. The first kappa shape index (κ1) is 20.3. The fraction of sp³-hybridized carbons (Fsp3) is 0.375. The highest BCUT2D eigenvalue weighted by Gasteiger charge is 2.22. The topological polar surface area (TPSA) is 55.5 Å². The Bertz CT molecular complexity index is 982. The van der Waals surface area contributed by atoms with Gasteiger partial charge in [-0.05, 0) is 61.6 Å². The third kappa shape index (κ3) is 4.93. The maximum atomic E-state index is 13.6. The number of nitrogens with one attached hydrogen (secondary N) is 3. The van der Waals surface area contributed by atoms with Crippen molar-refractivity contribution in [3.8, 4) is 0 Å². The Morgan fingerprint density at radius 1 is 1.20 bits per heavy atom. The van der Waals surface area contributed by atoms with Crippen LogP contribution in [-0.4, -0.2) is 43.7 Å². The second-order valence-electron chi connectivity index (χ2n) is 7.84. The number of nitrogens with zero attached hydrogens (tertiary/aromatic N) is 2. The minimum Gasteiger partial charge on any atom is -0.371 e. The molecule has 0 saturated carbocycles. The summed E-state index contributed by atoms with van der Waals surface area (Å²) in [6.45, 7) is 6.60. The average molecular weight is 408 g/mol. The molecule has 1 saturated heterocycles. The van der Waals surface area contributed by atoms with Gasteiger partial charge in [0, 0.05) is 55.5 Å². The van der Waals surface area contributed by atoms with Gasteiger partial charge in [0.05, 0.1) is 0 Å². The Morgan fingerprint density at radius 2 is 2.07 bits per heavy atom. The molecule has 158 valence electrons. The number of hydrogen-bond acceptors (Lipinski definition) is 2. The van der Waals surface area contributed by atoms with Gasteiger partial charge in [0.15, 0.2) is 5.96 Å². The Balaban J connectivity index is 1.30. The van der Waals surface area contributed by atoms with Gasteiger partial charge in [-0.3, -0.25) is 4.99 Å². The van der Waals surface area contributed by atoms with Crippen LogP contribution in [0.4, 0.5) is 10.1 Å². The van der Waals surface area contributed by atoms with Crippen molar-refractivity contribution in [1.82, 2.24) is 15.6 Å². The van der Waals surface area contributed by atoms with Gasteiger partial charge in [0.25, 0.3) is 0 Å². The van der Waals surface area contributed by atoms with E-state index < -0.39 is 0 Å². The monoisotopic (exact) mass is 407 g/mol. The summed E-state index contributed by atoms with van der Waals surface area (Å²) in [6.07, 6.45) is 3.93. The van der Waals surface area contributed by atoms with Crippen LogP contribution in [0.2, 0.25) is 0 Å². The van der Waals surface area contributed by atoms with E-state index in [1.54, 1.807) is 12.1 Å². The van der Waals surface area contributed by atoms with Crippen molar-refractivity contribution >= 4 is 22.5 Å². The number of hydrogen-bond donors (Lipinski definition) is 3. The highest BCUT2D eigenvalue weighted by Crippen LogP contribution is 2.23. The number of fused-ring (bicyclic) bond motifs is 1. The van der Waals surface area contributed by atoms with Gasteiger partial charge in [-0.2, -0.15) is 0 Å². The molecule has 2 aromatic carbocycles. The van der Waals surface area contributed by atoms with Gasteiger partial charge in [0.1, 0.15) is 5.82 Å². The summed E-state index contributed by atoms with van der Waals surface area (Å²) in [7, 11) is 0. The molecule has 6 heteroatoms. The van der Waals surface area contributed by atoms with Crippen LogP contribution in [0, 0.1) is 11.7 Å². The molecule has 1 aliphatic heterocycles. The normalized spacial score (nSPS) is 16.9. The largest absolute Gasteiger partial charge is 0.371 e. The van der Waals surface area contributed by atoms with Gasteiger partial charge in [-0.1, -0.05) is 18.2 Å². The molecule has 0 aliphatic carbocycles. The summed E-state index contributed by atoms with van der Waals surface area (Å²) in [4.78, 5) is 10.5. The first-order valence-electron chi connectivity index (χ1n) is 10.8. The van der Waals surface area contributed by atoms with Crippen molar-refractivity contribution in [2.24, 2.45) is 10.9 Å². The van der Waals surface area contributed by atoms with Crippen LogP contribution in [0.3, 0.4) is 0 Å². The molecule has 0 bridgehead atoms. The van der Waals surface area contributed by atoms with E-state index in [-0.39, 0.29) is 5.82 Å². The number of benzene rings is 2. The predicted octanol–water partition coefficient (Wildman–Crippen LogP) is 3.93. The lowest BCUT2D eigenvalue weighted by Crippen LogP contribution is -2.38. The van der Waals surface area contributed by atoms with Gasteiger partial charge >= 0.3 is 0 Å². The molecular weight excluding hydrogens is 377 g/mol. The molecule has 2 heterocycles. The van der Waals surface area contributed by atoms with E-state index in [1.165, 1.54) is 18.2 Å². The number of halogens is 1. The minimum absolute atomic E-state index is 0.202. The van der Waals surface area contributed by atoms with Gasteiger partial charge in [-0.25, -0.2) is 4.39 Å². The minimum atomic E-state index is -0.202. The lowest BCUT2D eigenvalue weighted by atomic mass is 10.1. The maximum Gasteiger partial charge on any atom is 0.191 e. The Kier molecular flexibility index (Phi) is 6.52. The van der Waals surface area contributed by atoms with Crippen LogP contribution in [0.1, 0.15) is 18.9 Å². The van der Waals surface area contributed by atoms with E-state index in [4.69, 9.17) is 4.99 Å². The summed E-state index contributed by atoms with van der Waals surface area (Å²) < 4.78 is 13.6. The predicted molar refractivity (Wildman–Crippen MR) is 123 cm³/mol. The SMILES string of the molecule is CCNC(=NCC1CCN(c2ccccc2)C1)NCCc1c[nH]c2ccc(F)cc12. The summed E-state index contributed by atoms with van der Waals surface area (Å²) in [5, 5.41) is 7.71. The van der Waals surface area contributed by atoms with Crippen LogP contribution in [0.25, 0.3) is 10.9 Å². The van der Waals surface area contributed by atoms with Crippen LogP contribution >= 0.6 is 0 Å². The van der Waals surface area contributed by atoms with Crippen LogP contribution in [-0.2, 0) is 6.42 Å². The molecule has 30 heavy (non-hydrogen) atoms. The highest BCUT2D eigenvalue weighted by atomic mass is 19.1. The summed E-state index contributed by atoms with van der Waals surface area (Å²) in [6, 6.07) is 15.5.